The lowest BCUT2D eigenvalue weighted by Crippen LogP contribution is -1.96. The van der Waals surface area contributed by atoms with Crippen molar-refractivity contribution in [2.45, 2.75) is 19.3 Å². The highest BCUT2D eigenvalue weighted by Crippen LogP contribution is 2.38. The van der Waals surface area contributed by atoms with Crippen LogP contribution in [0, 0.1) is 0 Å². The quantitative estimate of drug-likeness (QED) is 0.356. The Bertz CT molecular complexity index is 1080. The fourth-order valence-corrected chi connectivity index (χ4v) is 4.25. The summed E-state index contributed by atoms with van der Waals surface area (Å²) in [5.74, 6) is 0. The van der Waals surface area contributed by atoms with Gasteiger partial charge in [0.15, 0.2) is 0 Å². The Morgan fingerprint density at radius 1 is 0.792 bits per heavy atom. The molecule has 0 saturated carbocycles. The number of hydrogen-bond acceptors (Lipinski definition) is 1. The predicted molar refractivity (Wildman–Crippen MR) is 104 cm³/mol. The van der Waals surface area contributed by atoms with Crippen molar-refractivity contribution < 1.29 is 0 Å². The van der Waals surface area contributed by atoms with Gasteiger partial charge in [0.05, 0.1) is 11.2 Å². The highest BCUT2D eigenvalue weighted by molar-refractivity contribution is 9.10. The van der Waals surface area contributed by atoms with Crippen LogP contribution in [-0.4, -0.2) is 4.98 Å². The topological polar surface area (TPSA) is 12.9 Å². The molecule has 0 atom stereocenters. The maximum absolute atomic E-state index is 5.08. The minimum atomic E-state index is 1.11. The summed E-state index contributed by atoms with van der Waals surface area (Å²) in [6.07, 6.45) is 3.52. The van der Waals surface area contributed by atoms with Crippen molar-refractivity contribution in [1.82, 2.24) is 4.98 Å². The third-order valence-electron chi connectivity index (χ3n) is 5.06. The van der Waals surface area contributed by atoms with Crippen LogP contribution in [0.15, 0.2) is 65.1 Å². The van der Waals surface area contributed by atoms with Crippen LogP contribution < -0.4 is 0 Å². The first kappa shape index (κ1) is 14.2. The maximum atomic E-state index is 5.08. The van der Waals surface area contributed by atoms with E-state index < -0.39 is 0 Å². The second kappa shape index (κ2) is 5.42. The Kier molecular flexibility index (Phi) is 3.20. The number of aryl methyl sites for hydroxylation is 1. The smallest absolute Gasteiger partial charge is 0.0744 e. The molecule has 3 aromatic carbocycles. The zero-order valence-corrected chi connectivity index (χ0v) is 14.8. The van der Waals surface area contributed by atoms with E-state index in [0.29, 0.717) is 0 Å². The second-order valence-electron chi connectivity index (χ2n) is 6.46. The second-order valence-corrected chi connectivity index (χ2v) is 7.37. The van der Waals surface area contributed by atoms with E-state index in [2.05, 4.69) is 76.6 Å². The lowest BCUT2D eigenvalue weighted by atomic mass is 9.95. The molecule has 5 rings (SSSR count). The first-order valence-electron chi connectivity index (χ1n) is 8.40. The number of aromatic nitrogens is 1. The average Bonchev–Trinajstić information content (AvgIpc) is 3.11. The molecule has 0 amide bonds. The molecule has 1 aromatic heterocycles. The van der Waals surface area contributed by atoms with Crippen LogP contribution in [0.25, 0.3) is 32.9 Å². The molecule has 0 aliphatic heterocycles. The van der Waals surface area contributed by atoms with Crippen molar-refractivity contribution in [3.63, 3.8) is 0 Å². The summed E-state index contributed by atoms with van der Waals surface area (Å²) in [5, 5.41) is 4.00. The van der Waals surface area contributed by atoms with Crippen molar-refractivity contribution in [2.75, 3.05) is 0 Å². The van der Waals surface area contributed by atoms with E-state index >= 15 is 0 Å². The first-order chi connectivity index (χ1) is 11.8. The highest BCUT2D eigenvalue weighted by atomic mass is 79.9. The Morgan fingerprint density at radius 3 is 2.46 bits per heavy atom. The Hall–Kier alpha value is -2.19. The standard InChI is InChI=1S/C22H16BrN/c23-16-11-8-15(9-12-16)22-19-7-3-6-18(19)21-17-5-2-1-4-14(17)10-13-20(21)24-22/h1-2,4-5,8-13H,3,6-7H2. The average molecular weight is 374 g/mol. The van der Waals surface area contributed by atoms with Gasteiger partial charge >= 0.3 is 0 Å². The first-order valence-corrected chi connectivity index (χ1v) is 9.20. The summed E-state index contributed by atoms with van der Waals surface area (Å²) in [4.78, 5) is 5.08. The molecule has 0 spiro atoms. The van der Waals surface area contributed by atoms with Gasteiger partial charge in [-0.1, -0.05) is 58.4 Å². The number of fused-ring (bicyclic) bond motifs is 5. The maximum Gasteiger partial charge on any atom is 0.0744 e. The molecule has 0 fully saturated rings. The number of pyridine rings is 1. The highest BCUT2D eigenvalue weighted by Gasteiger charge is 2.21. The van der Waals surface area contributed by atoms with Gasteiger partial charge in [-0.05, 0) is 59.4 Å². The molecular weight excluding hydrogens is 358 g/mol. The minimum absolute atomic E-state index is 1.11. The Labute approximate surface area is 149 Å². The lowest BCUT2D eigenvalue weighted by Gasteiger charge is -2.13. The number of halogens is 1. The molecule has 2 heteroatoms. The summed E-state index contributed by atoms with van der Waals surface area (Å²) >= 11 is 3.53. The van der Waals surface area contributed by atoms with Gasteiger partial charge < -0.3 is 0 Å². The molecule has 1 heterocycles. The third kappa shape index (κ3) is 2.10. The molecule has 0 N–H and O–H groups in total. The largest absolute Gasteiger partial charge is 0.247 e. The van der Waals surface area contributed by atoms with Crippen molar-refractivity contribution in [1.29, 1.82) is 0 Å². The summed E-state index contributed by atoms with van der Waals surface area (Å²) in [5.41, 5.74) is 6.45. The number of hydrogen-bond donors (Lipinski definition) is 0. The fraction of sp³-hybridized carbons (Fsp3) is 0.136. The SMILES string of the molecule is Brc1ccc(-c2nc3ccc4ccccc4c3c3c2CCC3)cc1. The van der Waals surface area contributed by atoms with E-state index in [1.54, 1.807) is 0 Å². The molecular formula is C22H16BrN. The van der Waals surface area contributed by atoms with Gasteiger partial charge in [0.25, 0.3) is 0 Å². The molecule has 1 aliphatic carbocycles. The molecule has 0 radical (unpaired) electrons. The summed E-state index contributed by atoms with van der Waals surface area (Å²) in [6, 6.07) is 21.6. The predicted octanol–water partition coefficient (Wildman–Crippen LogP) is 6.31. The molecule has 1 aliphatic rings. The monoisotopic (exact) mass is 373 g/mol. The number of benzene rings is 3. The van der Waals surface area contributed by atoms with E-state index in [1.165, 1.54) is 39.3 Å². The van der Waals surface area contributed by atoms with Crippen LogP contribution in [-0.2, 0) is 12.8 Å². The van der Waals surface area contributed by atoms with E-state index in [4.69, 9.17) is 4.98 Å². The van der Waals surface area contributed by atoms with Gasteiger partial charge in [0.1, 0.15) is 0 Å². The summed E-state index contributed by atoms with van der Waals surface area (Å²) in [7, 11) is 0. The van der Waals surface area contributed by atoms with Crippen LogP contribution in [0.5, 0.6) is 0 Å². The molecule has 0 saturated heterocycles. The third-order valence-corrected chi connectivity index (χ3v) is 5.59. The number of nitrogens with zero attached hydrogens (tertiary/aromatic N) is 1. The molecule has 1 nitrogen and oxygen atoms in total. The molecule has 0 unspecified atom stereocenters. The summed E-state index contributed by atoms with van der Waals surface area (Å²) < 4.78 is 1.11. The van der Waals surface area contributed by atoms with Crippen LogP contribution in [0.3, 0.4) is 0 Å². The van der Waals surface area contributed by atoms with Crippen LogP contribution in [0.4, 0.5) is 0 Å². The summed E-state index contributed by atoms with van der Waals surface area (Å²) in [6.45, 7) is 0. The van der Waals surface area contributed by atoms with Gasteiger partial charge in [-0.3, -0.25) is 0 Å². The Balaban J connectivity index is 1.88. The fourth-order valence-electron chi connectivity index (χ4n) is 3.99. The normalized spacial score (nSPS) is 13.5. The van der Waals surface area contributed by atoms with Crippen LogP contribution in [0.2, 0.25) is 0 Å². The van der Waals surface area contributed by atoms with Gasteiger partial charge in [0.2, 0.25) is 0 Å². The van der Waals surface area contributed by atoms with E-state index in [1.807, 2.05) is 0 Å². The van der Waals surface area contributed by atoms with Crippen molar-refractivity contribution >= 4 is 37.6 Å². The van der Waals surface area contributed by atoms with Crippen LogP contribution >= 0.6 is 15.9 Å². The van der Waals surface area contributed by atoms with Crippen molar-refractivity contribution in [3.05, 3.63) is 76.3 Å². The zero-order valence-electron chi connectivity index (χ0n) is 13.2. The van der Waals surface area contributed by atoms with Crippen molar-refractivity contribution in [2.24, 2.45) is 0 Å². The van der Waals surface area contributed by atoms with E-state index in [9.17, 15) is 0 Å². The van der Waals surface area contributed by atoms with Crippen molar-refractivity contribution in [3.8, 4) is 11.3 Å². The molecule has 4 aromatic rings. The molecule has 24 heavy (non-hydrogen) atoms. The molecule has 116 valence electrons. The van der Waals surface area contributed by atoms with E-state index in [-0.39, 0.29) is 0 Å². The minimum Gasteiger partial charge on any atom is -0.247 e. The van der Waals surface area contributed by atoms with Gasteiger partial charge in [-0.15, -0.1) is 0 Å². The van der Waals surface area contributed by atoms with Gasteiger partial charge in [-0.25, -0.2) is 4.98 Å². The van der Waals surface area contributed by atoms with Crippen LogP contribution in [0.1, 0.15) is 17.5 Å². The van der Waals surface area contributed by atoms with Gasteiger partial charge in [-0.2, -0.15) is 0 Å². The lowest BCUT2D eigenvalue weighted by molar-refractivity contribution is 0.913. The zero-order chi connectivity index (χ0) is 16.1. The van der Waals surface area contributed by atoms with Gasteiger partial charge in [0, 0.05) is 15.4 Å². The number of rotatable bonds is 1. The molecule has 0 bridgehead atoms. The van der Waals surface area contributed by atoms with E-state index in [0.717, 1.165) is 28.5 Å². The Morgan fingerprint density at radius 2 is 1.58 bits per heavy atom.